The van der Waals surface area contributed by atoms with Gasteiger partial charge < -0.3 is 4.74 Å². The number of nitrogens with zero attached hydrogens (tertiary/aromatic N) is 1. The molecule has 0 saturated carbocycles. The van der Waals surface area contributed by atoms with Crippen molar-refractivity contribution in [3.8, 4) is 6.07 Å². The smallest absolute Gasteiger partial charge is 0.242 e. The third-order valence-corrected chi connectivity index (χ3v) is 4.96. The standard InChI is InChI=1S/C14H19ClN2O3S/c1-14(2,6-7-20-3)10-17-21(18,19)13-5-4-11(9-16)8-12(13)15/h4-5,8,17H,6-7,10H2,1-3H3. The van der Waals surface area contributed by atoms with Crippen LogP contribution < -0.4 is 4.72 Å². The Morgan fingerprint density at radius 3 is 2.62 bits per heavy atom. The average Bonchev–Trinajstić information content (AvgIpc) is 2.43. The van der Waals surface area contributed by atoms with Crippen molar-refractivity contribution in [1.29, 1.82) is 5.26 Å². The summed E-state index contributed by atoms with van der Waals surface area (Å²) in [5.41, 5.74) is 0.0849. The van der Waals surface area contributed by atoms with Crippen molar-refractivity contribution >= 4 is 21.6 Å². The molecule has 0 aromatic heterocycles. The van der Waals surface area contributed by atoms with Crippen molar-refractivity contribution in [3.05, 3.63) is 28.8 Å². The molecule has 0 spiro atoms. The molecule has 1 aromatic carbocycles. The topological polar surface area (TPSA) is 79.2 Å². The van der Waals surface area contributed by atoms with Gasteiger partial charge in [0, 0.05) is 20.3 Å². The van der Waals surface area contributed by atoms with E-state index in [1.807, 2.05) is 19.9 Å². The molecule has 0 heterocycles. The van der Waals surface area contributed by atoms with E-state index in [-0.39, 0.29) is 21.9 Å². The Morgan fingerprint density at radius 2 is 2.10 bits per heavy atom. The van der Waals surface area contributed by atoms with Gasteiger partial charge in [-0.2, -0.15) is 5.26 Å². The van der Waals surface area contributed by atoms with Gasteiger partial charge in [0.25, 0.3) is 0 Å². The zero-order chi connectivity index (χ0) is 16.1. The number of methoxy groups -OCH3 is 1. The van der Waals surface area contributed by atoms with Gasteiger partial charge >= 0.3 is 0 Å². The quantitative estimate of drug-likeness (QED) is 0.833. The van der Waals surface area contributed by atoms with Crippen molar-refractivity contribution in [2.75, 3.05) is 20.3 Å². The van der Waals surface area contributed by atoms with E-state index in [0.717, 1.165) is 6.42 Å². The molecule has 0 amide bonds. The molecule has 0 aliphatic carbocycles. The highest BCUT2D eigenvalue weighted by atomic mass is 35.5. The summed E-state index contributed by atoms with van der Waals surface area (Å²) in [6.45, 7) is 4.74. The molecule has 1 rings (SSSR count). The lowest BCUT2D eigenvalue weighted by Crippen LogP contribution is -2.34. The number of hydrogen-bond acceptors (Lipinski definition) is 4. The van der Waals surface area contributed by atoms with E-state index >= 15 is 0 Å². The number of nitrogens with one attached hydrogen (secondary N) is 1. The first-order chi connectivity index (χ1) is 9.72. The molecule has 7 heteroatoms. The van der Waals surface area contributed by atoms with Crippen LogP contribution in [0.3, 0.4) is 0 Å². The Balaban J connectivity index is 2.86. The van der Waals surface area contributed by atoms with Crippen LogP contribution in [0.25, 0.3) is 0 Å². The second-order valence-corrected chi connectivity index (χ2v) is 7.63. The molecule has 0 atom stereocenters. The molecular weight excluding hydrogens is 312 g/mol. The third-order valence-electron chi connectivity index (χ3n) is 3.07. The summed E-state index contributed by atoms with van der Waals surface area (Å²) in [6.07, 6.45) is 0.729. The van der Waals surface area contributed by atoms with Crippen LogP contribution in [-0.4, -0.2) is 28.7 Å². The number of halogens is 1. The predicted molar refractivity (Wildman–Crippen MR) is 81.6 cm³/mol. The van der Waals surface area contributed by atoms with E-state index in [4.69, 9.17) is 21.6 Å². The summed E-state index contributed by atoms with van der Waals surface area (Å²) in [4.78, 5) is -0.0225. The number of nitriles is 1. The lowest BCUT2D eigenvalue weighted by Gasteiger charge is -2.24. The molecule has 116 valence electrons. The summed E-state index contributed by atoms with van der Waals surface area (Å²) < 4.78 is 32.1. The molecule has 0 saturated heterocycles. The lowest BCUT2D eigenvalue weighted by atomic mass is 9.90. The van der Waals surface area contributed by atoms with Crippen molar-refractivity contribution in [2.45, 2.75) is 25.2 Å². The SMILES string of the molecule is COCCC(C)(C)CNS(=O)(=O)c1ccc(C#N)cc1Cl. The fourth-order valence-corrected chi connectivity index (χ4v) is 3.41. The van der Waals surface area contributed by atoms with Gasteiger partial charge in [-0.05, 0) is 30.0 Å². The third kappa shape index (κ3) is 5.29. The average molecular weight is 331 g/mol. The van der Waals surface area contributed by atoms with Crippen LogP contribution in [0.1, 0.15) is 25.8 Å². The number of hydrogen-bond donors (Lipinski definition) is 1. The fourth-order valence-electron chi connectivity index (χ4n) is 1.62. The van der Waals surface area contributed by atoms with Crippen molar-refractivity contribution in [1.82, 2.24) is 4.72 Å². The minimum atomic E-state index is -3.71. The zero-order valence-corrected chi connectivity index (χ0v) is 13.9. The number of ether oxygens (including phenoxy) is 1. The number of sulfonamides is 1. The number of rotatable bonds is 7. The van der Waals surface area contributed by atoms with Gasteiger partial charge in [0.05, 0.1) is 16.7 Å². The van der Waals surface area contributed by atoms with Gasteiger partial charge in [-0.3, -0.25) is 0 Å². The molecule has 0 radical (unpaired) electrons. The van der Waals surface area contributed by atoms with E-state index < -0.39 is 10.0 Å². The summed E-state index contributed by atoms with van der Waals surface area (Å²) >= 11 is 5.94. The summed E-state index contributed by atoms with van der Waals surface area (Å²) in [7, 11) is -2.10. The van der Waals surface area contributed by atoms with Gasteiger partial charge in [-0.25, -0.2) is 13.1 Å². The van der Waals surface area contributed by atoms with Crippen molar-refractivity contribution < 1.29 is 13.2 Å². The highest BCUT2D eigenvalue weighted by Crippen LogP contribution is 2.24. The van der Waals surface area contributed by atoms with Gasteiger partial charge in [-0.1, -0.05) is 25.4 Å². The monoisotopic (exact) mass is 330 g/mol. The van der Waals surface area contributed by atoms with Crippen LogP contribution in [-0.2, 0) is 14.8 Å². The Morgan fingerprint density at radius 1 is 1.43 bits per heavy atom. The molecular formula is C14H19ClN2O3S. The van der Waals surface area contributed by atoms with Crippen LogP contribution in [0, 0.1) is 16.7 Å². The maximum Gasteiger partial charge on any atom is 0.242 e. The van der Waals surface area contributed by atoms with Gasteiger partial charge in [0.1, 0.15) is 4.90 Å². The maximum atomic E-state index is 12.3. The van der Waals surface area contributed by atoms with E-state index in [1.165, 1.54) is 18.2 Å². The van der Waals surface area contributed by atoms with Gasteiger partial charge in [0.15, 0.2) is 0 Å². The van der Waals surface area contributed by atoms with Crippen LogP contribution in [0.5, 0.6) is 0 Å². The zero-order valence-electron chi connectivity index (χ0n) is 12.3. The molecule has 0 aliphatic heterocycles. The molecule has 0 bridgehead atoms. The maximum absolute atomic E-state index is 12.3. The van der Waals surface area contributed by atoms with Crippen molar-refractivity contribution in [2.24, 2.45) is 5.41 Å². The van der Waals surface area contributed by atoms with E-state index in [9.17, 15) is 8.42 Å². The largest absolute Gasteiger partial charge is 0.385 e. The molecule has 1 N–H and O–H groups in total. The first kappa shape index (κ1) is 17.9. The molecule has 0 fully saturated rings. The Kier molecular flexibility index (Phi) is 6.17. The highest BCUT2D eigenvalue weighted by molar-refractivity contribution is 7.89. The van der Waals surface area contributed by atoms with Crippen molar-refractivity contribution in [3.63, 3.8) is 0 Å². The fraction of sp³-hybridized carbons (Fsp3) is 0.500. The van der Waals surface area contributed by atoms with Crippen LogP contribution in [0.2, 0.25) is 5.02 Å². The normalized spacial score (nSPS) is 12.1. The summed E-state index contributed by atoms with van der Waals surface area (Å²) in [6, 6.07) is 6.02. The molecule has 0 aliphatic rings. The summed E-state index contributed by atoms with van der Waals surface area (Å²) in [5, 5.41) is 8.80. The van der Waals surface area contributed by atoms with E-state index in [0.29, 0.717) is 12.2 Å². The molecule has 1 aromatic rings. The van der Waals surface area contributed by atoms with Crippen LogP contribution in [0.4, 0.5) is 0 Å². The van der Waals surface area contributed by atoms with Gasteiger partial charge in [-0.15, -0.1) is 0 Å². The molecule has 5 nitrogen and oxygen atoms in total. The highest BCUT2D eigenvalue weighted by Gasteiger charge is 2.23. The second kappa shape index (κ2) is 7.23. The van der Waals surface area contributed by atoms with E-state index in [1.54, 1.807) is 7.11 Å². The first-order valence-electron chi connectivity index (χ1n) is 6.40. The lowest BCUT2D eigenvalue weighted by molar-refractivity contribution is 0.153. The number of benzene rings is 1. The Hall–Kier alpha value is -1.13. The molecule has 0 unspecified atom stereocenters. The first-order valence-corrected chi connectivity index (χ1v) is 8.26. The minimum absolute atomic E-state index is 0.0225. The summed E-state index contributed by atoms with van der Waals surface area (Å²) in [5.74, 6) is 0. The minimum Gasteiger partial charge on any atom is -0.385 e. The second-order valence-electron chi connectivity index (χ2n) is 5.49. The van der Waals surface area contributed by atoms with Gasteiger partial charge in [0.2, 0.25) is 10.0 Å². The van der Waals surface area contributed by atoms with E-state index in [2.05, 4.69) is 4.72 Å². The van der Waals surface area contributed by atoms with Crippen LogP contribution in [0.15, 0.2) is 23.1 Å². The Labute approximate surface area is 130 Å². The Bertz CT molecular complexity index is 636. The molecule has 21 heavy (non-hydrogen) atoms. The van der Waals surface area contributed by atoms with Crippen LogP contribution >= 0.6 is 11.6 Å². The predicted octanol–water partition coefficient (Wildman–Crippen LogP) is 2.55.